The van der Waals surface area contributed by atoms with Crippen molar-refractivity contribution in [1.29, 1.82) is 0 Å². The van der Waals surface area contributed by atoms with Crippen molar-refractivity contribution in [2.45, 2.75) is 30.3 Å². The number of aryl methyl sites for hydroxylation is 1. The minimum atomic E-state index is -3.68. The number of nitrogens with zero attached hydrogens (tertiary/aromatic N) is 1. The van der Waals surface area contributed by atoms with Gasteiger partial charge >= 0.3 is 0 Å². The smallest absolute Gasteiger partial charge is 0.264 e. The third-order valence-electron chi connectivity index (χ3n) is 6.42. The molecule has 2 aliphatic rings. The van der Waals surface area contributed by atoms with E-state index in [0.717, 1.165) is 33.3 Å². The van der Waals surface area contributed by atoms with Crippen LogP contribution in [-0.2, 0) is 14.8 Å². The van der Waals surface area contributed by atoms with Gasteiger partial charge < -0.3 is 4.74 Å². The summed E-state index contributed by atoms with van der Waals surface area (Å²) < 4.78 is 36.2. The summed E-state index contributed by atoms with van der Waals surface area (Å²) in [4.78, 5) is 0.322. The van der Waals surface area contributed by atoms with Crippen LogP contribution in [0.25, 0.3) is 0 Å². The molecule has 2 aliphatic heterocycles. The molecule has 160 valence electrons. The van der Waals surface area contributed by atoms with Gasteiger partial charge in [-0.25, -0.2) is 8.42 Å². The third-order valence-corrected chi connectivity index (χ3v) is 8.74. The Morgan fingerprint density at radius 1 is 0.968 bits per heavy atom. The van der Waals surface area contributed by atoms with Crippen molar-refractivity contribution < 1.29 is 13.2 Å². The zero-order valence-electron chi connectivity index (χ0n) is 17.2. The number of anilines is 1. The first kappa shape index (κ1) is 20.7. The van der Waals surface area contributed by atoms with Crippen molar-refractivity contribution >= 4 is 31.6 Å². The number of ether oxygens (including phenoxy) is 1. The first-order chi connectivity index (χ1) is 14.9. The summed E-state index contributed by atoms with van der Waals surface area (Å²) in [6.45, 7) is 3.03. The van der Waals surface area contributed by atoms with Gasteiger partial charge in [0, 0.05) is 23.5 Å². The number of rotatable bonds is 3. The van der Waals surface area contributed by atoms with E-state index in [1.807, 2.05) is 49.4 Å². The standard InChI is InChI=1S/C25H24BrNO3S/c1-17-6-12-20(13-7-17)31(28,29)27-16-23-21(22-4-2-3-5-24(22)27)14-15-30-25(23)18-8-10-19(26)11-9-18/h2-13,21,23,25H,14-16H2,1H3. The highest BCUT2D eigenvalue weighted by Gasteiger charge is 2.44. The molecular formula is C25H24BrNO3S. The van der Waals surface area contributed by atoms with Crippen LogP contribution in [0.5, 0.6) is 0 Å². The molecule has 6 heteroatoms. The van der Waals surface area contributed by atoms with E-state index in [0.29, 0.717) is 18.0 Å². The molecule has 1 fully saturated rings. The van der Waals surface area contributed by atoms with Gasteiger partial charge in [-0.3, -0.25) is 4.31 Å². The minimum absolute atomic E-state index is 0.0463. The van der Waals surface area contributed by atoms with Crippen molar-refractivity contribution in [3.05, 3.63) is 94.0 Å². The zero-order chi connectivity index (χ0) is 21.6. The minimum Gasteiger partial charge on any atom is -0.373 e. The first-order valence-corrected chi connectivity index (χ1v) is 12.7. The molecule has 3 unspecified atom stereocenters. The second kappa shape index (κ2) is 8.08. The normalized spacial score (nSPS) is 23.2. The molecule has 0 spiro atoms. The van der Waals surface area contributed by atoms with E-state index in [1.54, 1.807) is 16.4 Å². The molecule has 2 heterocycles. The van der Waals surface area contributed by atoms with Crippen molar-refractivity contribution in [2.75, 3.05) is 17.5 Å². The molecule has 31 heavy (non-hydrogen) atoms. The number of hydrogen-bond acceptors (Lipinski definition) is 3. The highest BCUT2D eigenvalue weighted by atomic mass is 79.9. The van der Waals surface area contributed by atoms with E-state index in [2.05, 4.69) is 34.1 Å². The lowest BCUT2D eigenvalue weighted by atomic mass is 9.74. The Bertz CT molecular complexity index is 1190. The highest BCUT2D eigenvalue weighted by Crippen LogP contribution is 2.50. The van der Waals surface area contributed by atoms with Crippen LogP contribution in [-0.4, -0.2) is 21.6 Å². The maximum absolute atomic E-state index is 13.7. The summed E-state index contributed by atoms with van der Waals surface area (Å²) in [5, 5.41) is 0. The fourth-order valence-corrected chi connectivity index (χ4v) is 6.65. The second-order valence-corrected chi connectivity index (χ2v) is 11.1. The predicted octanol–water partition coefficient (Wildman–Crippen LogP) is 5.83. The molecule has 3 aromatic rings. The predicted molar refractivity (Wildman–Crippen MR) is 126 cm³/mol. The number of sulfonamides is 1. The van der Waals surface area contributed by atoms with Crippen LogP contribution < -0.4 is 4.31 Å². The van der Waals surface area contributed by atoms with Crippen LogP contribution in [0.3, 0.4) is 0 Å². The van der Waals surface area contributed by atoms with Gasteiger partial charge in [-0.1, -0.05) is 64.0 Å². The molecule has 0 aromatic heterocycles. The van der Waals surface area contributed by atoms with E-state index in [9.17, 15) is 8.42 Å². The molecule has 5 rings (SSSR count). The zero-order valence-corrected chi connectivity index (χ0v) is 19.6. The molecule has 0 amide bonds. The molecule has 0 radical (unpaired) electrons. The van der Waals surface area contributed by atoms with E-state index >= 15 is 0 Å². The van der Waals surface area contributed by atoms with Crippen molar-refractivity contribution in [3.8, 4) is 0 Å². The summed E-state index contributed by atoms with van der Waals surface area (Å²) in [6.07, 6.45) is 0.753. The fourth-order valence-electron chi connectivity index (χ4n) is 4.86. The molecule has 0 aliphatic carbocycles. The van der Waals surface area contributed by atoms with Crippen LogP contribution in [0, 0.1) is 12.8 Å². The van der Waals surface area contributed by atoms with E-state index in [1.165, 1.54) is 0 Å². The number of halogens is 1. The lowest BCUT2D eigenvalue weighted by Crippen LogP contribution is -2.46. The molecule has 3 atom stereocenters. The van der Waals surface area contributed by atoms with Crippen LogP contribution in [0.1, 0.15) is 35.1 Å². The Balaban J connectivity index is 1.60. The number of fused-ring (bicyclic) bond motifs is 3. The van der Waals surface area contributed by atoms with Gasteiger partial charge in [0.15, 0.2) is 0 Å². The summed E-state index contributed by atoms with van der Waals surface area (Å²) in [7, 11) is -3.68. The quantitative estimate of drug-likeness (QED) is 0.457. The van der Waals surface area contributed by atoms with Gasteiger partial charge in [0.05, 0.1) is 16.7 Å². The van der Waals surface area contributed by atoms with Crippen LogP contribution in [0.2, 0.25) is 0 Å². The van der Waals surface area contributed by atoms with Gasteiger partial charge in [0.1, 0.15) is 0 Å². The molecular weight excluding hydrogens is 474 g/mol. The van der Waals surface area contributed by atoms with E-state index < -0.39 is 10.0 Å². The highest BCUT2D eigenvalue weighted by molar-refractivity contribution is 9.10. The van der Waals surface area contributed by atoms with Gasteiger partial charge in [-0.2, -0.15) is 0 Å². The third kappa shape index (κ3) is 3.71. The van der Waals surface area contributed by atoms with Crippen LogP contribution in [0.15, 0.2) is 82.2 Å². The molecule has 0 N–H and O–H groups in total. The maximum Gasteiger partial charge on any atom is 0.264 e. The van der Waals surface area contributed by atoms with E-state index in [4.69, 9.17) is 4.74 Å². The Labute approximate surface area is 192 Å². The Morgan fingerprint density at radius 3 is 2.42 bits per heavy atom. The molecule has 1 saturated heterocycles. The van der Waals surface area contributed by atoms with Crippen LogP contribution in [0.4, 0.5) is 5.69 Å². The van der Waals surface area contributed by atoms with Crippen LogP contribution >= 0.6 is 15.9 Å². The van der Waals surface area contributed by atoms with Gasteiger partial charge in [0.25, 0.3) is 10.0 Å². The Hall–Kier alpha value is -2.15. The van der Waals surface area contributed by atoms with Crippen molar-refractivity contribution in [1.82, 2.24) is 0 Å². The van der Waals surface area contributed by atoms with Gasteiger partial charge in [0.2, 0.25) is 0 Å². The average Bonchev–Trinajstić information content (AvgIpc) is 2.79. The lowest BCUT2D eigenvalue weighted by Gasteiger charge is -2.46. The Kier molecular flexibility index (Phi) is 5.40. The number of benzene rings is 3. The second-order valence-electron chi connectivity index (χ2n) is 8.31. The summed E-state index contributed by atoms with van der Waals surface area (Å²) in [5.41, 5.74) is 4.01. The van der Waals surface area contributed by atoms with Gasteiger partial charge in [-0.15, -0.1) is 0 Å². The largest absolute Gasteiger partial charge is 0.373 e. The Morgan fingerprint density at radius 2 is 1.68 bits per heavy atom. The van der Waals surface area contributed by atoms with Crippen molar-refractivity contribution in [3.63, 3.8) is 0 Å². The summed E-state index contributed by atoms with van der Waals surface area (Å²) >= 11 is 3.50. The molecule has 3 aromatic carbocycles. The first-order valence-electron chi connectivity index (χ1n) is 10.5. The topological polar surface area (TPSA) is 46.6 Å². The lowest BCUT2D eigenvalue weighted by molar-refractivity contribution is -0.0384. The van der Waals surface area contributed by atoms with E-state index in [-0.39, 0.29) is 17.9 Å². The summed E-state index contributed by atoms with van der Waals surface area (Å²) in [6, 6.07) is 23.2. The number of hydrogen-bond donors (Lipinski definition) is 0. The average molecular weight is 498 g/mol. The molecule has 4 nitrogen and oxygen atoms in total. The molecule has 0 saturated carbocycles. The molecule has 0 bridgehead atoms. The monoisotopic (exact) mass is 497 g/mol. The number of para-hydroxylation sites is 1. The SMILES string of the molecule is Cc1ccc(S(=O)(=O)N2CC3C(CCOC3c3ccc(Br)cc3)c3ccccc32)cc1. The van der Waals surface area contributed by atoms with Crippen molar-refractivity contribution in [2.24, 2.45) is 5.92 Å². The summed E-state index contributed by atoms with van der Waals surface area (Å²) in [5.74, 6) is 0.313. The van der Waals surface area contributed by atoms with Gasteiger partial charge in [-0.05, 0) is 60.7 Å². The fraction of sp³-hybridized carbons (Fsp3) is 0.280. The maximum atomic E-state index is 13.7.